The van der Waals surface area contributed by atoms with Crippen LogP contribution in [0.3, 0.4) is 0 Å². The summed E-state index contributed by atoms with van der Waals surface area (Å²) >= 11 is 0. The fourth-order valence-corrected chi connectivity index (χ4v) is 2.65. The molecule has 0 radical (unpaired) electrons. The van der Waals surface area contributed by atoms with Crippen molar-refractivity contribution < 1.29 is 4.79 Å². The molecular weight excluding hydrogens is 250 g/mol. The van der Waals surface area contributed by atoms with Gasteiger partial charge in [0, 0.05) is 12.2 Å². The monoisotopic (exact) mass is 271 g/mol. The highest BCUT2D eigenvalue weighted by Gasteiger charge is 2.35. The van der Waals surface area contributed by atoms with E-state index >= 15 is 0 Å². The summed E-state index contributed by atoms with van der Waals surface area (Å²) in [4.78, 5) is 16.6. The molecular formula is C16H21N3O. The lowest BCUT2D eigenvalue weighted by atomic mass is 9.87. The van der Waals surface area contributed by atoms with Gasteiger partial charge in [0.05, 0.1) is 12.1 Å². The lowest BCUT2D eigenvalue weighted by Crippen LogP contribution is -2.42. The van der Waals surface area contributed by atoms with E-state index in [0.29, 0.717) is 11.3 Å². The molecule has 1 aromatic heterocycles. The Hall–Kier alpha value is -1.86. The third-order valence-electron chi connectivity index (χ3n) is 3.91. The van der Waals surface area contributed by atoms with Gasteiger partial charge in [-0.05, 0) is 30.4 Å². The summed E-state index contributed by atoms with van der Waals surface area (Å²) in [7, 11) is 0. The van der Waals surface area contributed by atoms with E-state index in [-0.39, 0.29) is 23.9 Å². The lowest BCUT2D eigenvalue weighted by molar-refractivity contribution is 0.0904. The Morgan fingerprint density at radius 1 is 1.60 bits per heavy atom. The van der Waals surface area contributed by atoms with Crippen LogP contribution in [0, 0.1) is 17.3 Å². The van der Waals surface area contributed by atoms with Crippen molar-refractivity contribution in [2.45, 2.75) is 39.2 Å². The molecule has 0 bridgehead atoms. The van der Waals surface area contributed by atoms with Gasteiger partial charge in [0.15, 0.2) is 0 Å². The van der Waals surface area contributed by atoms with E-state index in [9.17, 15) is 4.79 Å². The van der Waals surface area contributed by atoms with Crippen molar-refractivity contribution in [3.05, 3.63) is 29.6 Å². The molecule has 2 rings (SSSR count). The zero-order valence-corrected chi connectivity index (χ0v) is 12.1. The highest BCUT2D eigenvalue weighted by Crippen LogP contribution is 2.37. The van der Waals surface area contributed by atoms with Crippen LogP contribution in [0.15, 0.2) is 18.3 Å². The molecule has 106 valence electrons. The van der Waals surface area contributed by atoms with Gasteiger partial charge in [-0.15, -0.1) is 0 Å². The van der Waals surface area contributed by atoms with Crippen LogP contribution in [0.2, 0.25) is 0 Å². The van der Waals surface area contributed by atoms with Gasteiger partial charge in [-0.3, -0.25) is 4.79 Å². The first kappa shape index (κ1) is 14.5. The van der Waals surface area contributed by atoms with E-state index < -0.39 is 0 Å². The largest absolute Gasteiger partial charge is 0.347 e. The molecule has 1 unspecified atom stereocenters. The second-order valence-electron chi connectivity index (χ2n) is 5.81. The molecule has 4 nitrogen and oxygen atoms in total. The molecule has 1 aromatic rings. The normalized spacial score (nSPS) is 20.1. The van der Waals surface area contributed by atoms with Crippen LogP contribution in [0.4, 0.5) is 0 Å². The number of nitrogens with zero attached hydrogens (tertiary/aromatic N) is 1. The number of aromatic nitrogens is 1. The Labute approximate surface area is 120 Å². The molecule has 1 atom stereocenters. The van der Waals surface area contributed by atoms with Gasteiger partial charge in [-0.2, -0.15) is 0 Å². The fraction of sp³-hybridized carbons (Fsp3) is 0.500. The molecule has 0 spiro atoms. The van der Waals surface area contributed by atoms with Crippen LogP contribution >= 0.6 is 0 Å². The third-order valence-corrected chi connectivity index (χ3v) is 3.91. The highest BCUT2D eigenvalue weighted by atomic mass is 16.2. The molecule has 4 heteroatoms. The Balaban J connectivity index is 2.17. The number of carbonyl (C=O) groups excluding carboxylic acids is 1. The number of pyridine rings is 1. The molecule has 3 N–H and O–H groups in total. The van der Waals surface area contributed by atoms with E-state index in [0.717, 1.165) is 19.3 Å². The average molecular weight is 271 g/mol. The minimum Gasteiger partial charge on any atom is -0.347 e. The molecule has 1 saturated carbocycles. The van der Waals surface area contributed by atoms with E-state index in [4.69, 9.17) is 5.73 Å². The molecule has 1 fully saturated rings. The molecule has 0 aromatic carbocycles. The van der Waals surface area contributed by atoms with Crippen LogP contribution in [0.25, 0.3) is 0 Å². The van der Waals surface area contributed by atoms with Crippen LogP contribution in [-0.4, -0.2) is 23.5 Å². The quantitative estimate of drug-likeness (QED) is 0.804. The Morgan fingerprint density at radius 2 is 2.40 bits per heavy atom. The molecule has 1 heterocycles. The van der Waals surface area contributed by atoms with Gasteiger partial charge < -0.3 is 11.1 Å². The number of nitrogens with one attached hydrogen (secondary N) is 1. The summed E-state index contributed by atoms with van der Waals surface area (Å²) < 4.78 is 0. The van der Waals surface area contributed by atoms with Crippen molar-refractivity contribution in [3.63, 3.8) is 0 Å². The third kappa shape index (κ3) is 3.17. The Morgan fingerprint density at radius 3 is 3.05 bits per heavy atom. The minimum absolute atomic E-state index is 0.146. The standard InChI is InChI=1S/C16H21N3O/c1-16(2)9-3-8-13(16)19-15(20)14-12(6-4-10-17)7-5-11-18-14/h5,7,11,13H,3,8-10,17H2,1-2H3,(H,19,20). The first-order chi connectivity index (χ1) is 9.54. The maximum absolute atomic E-state index is 12.4. The topological polar surface area (TPSA) is 68.0 Å². The zero-order valence-electron chi connectivity index (χ0n) is 12.1. The maximum Gasteiger partial charge on any atom is 0.271 e. The summed E-state index contributed by atoms with van der Waals surface area (Å²) in [5.41, 5.74) is 6.54. The lowest BCUT2D eigenvalue weighted by Gasteiger charge is -2.27. The molecule has 0 aliphatic heterocycles. The number of amides is 1. The van der Waals surface area contributed by atoms with Crippen molar-refractivity contribution in [2.24, 2.45) is 11.1 Å². The summed E-state index contributed by atoms with van der Waals surface area (Å²) in [6.45, 7) is 4.66. The minimum atomic E-state index is -0.146. The zero-order chi connectivity index (χ0) is 14.6. The van der Waals surface area contributed by atoms with Crippen LogP contribution < -0.4 is 11.1 Å². The predicted octanol–water partition coefficient (Wildman–Crippen LogP) is 1.70. The number of carbonyl (C=O) groups is 1. The van der Waals surface area contributed by atoms with Crippen LogP contribution in [0.5, 0.6) is 0 Å². The van der Waals surface area contributed by atoms with Crippen LogP contribution in [0.1, 0.15) is 49.2 Å². The molecule has 0 saturated heterocycles. The summed E-state index contributed by atoms with van der Waals surface area (Å²) in [6, 6.07) is 3.77. The van der Waals surface area contributed by atoms with E-state index in [2.05, 4.69) is 36.0 Å². The van der Waals surface area contributed by atoms with E-state index in [1.165, 1.54) is 0 Å². The van der Waals surface area contributed by atoms with Crippen molar-refractivity contribution in [1.29, 1.82) is 0 Å². The Kier molecular flexibility index (Phi) is 4.41. The second-order valence-corrected chi connectivity index (χ2v) is 5.81. The van der Waals surface area contributed by atoms with Gasteiger partial charge in [-0.25, -0.2) is 4.98 Å². The van der Waals surface area contributed by atoms with E-state index in [1.54, 1.807) is 18.3 Å². The maximum atomic E-state index is 12.4. The van der Waals surface area contributed by atoms with Crippen molar-refractivity contribution in [3.8, 4) is 11.8 Å². The first-order valence-corrected chi connectivity index (χ1v) is 6.99. The smallest absolute Gasteiger partial charge is 0.271 e. The number of nitrogens with two attached hydrogens (primary N) is 1. The molecule has 20 heavy (non-hydrogen) atoms. The number of hydrogen-bond acceptors (Lipinski definition) is 3. The van der Waals surface area contributed by atoms with Gasteiger partial charge in [0.25, 0.3) is 5.91 Å². The van der Waals surface area contributed by atoms with Gasteiger partial charge in [0.1, 0.15) is 5.69 Å². The molecule has 1 aliphatic rings. The second kappa shape index (κ2) is 6.06. The highest BCUT2D eigenvalue weighted by molar-refractivity contribution is 5.95. The van der Waals surface area contributed by atoms with Crippen LogP contribution in [-0.2, 0) is 0 Å². The van der Waals surface area contributed by atoms with Gasteiger partial charge >= 0.3 is 0 Å². The van der Waals surface area contributed by atoms with E-state index in [1.807, 2.05) is 0 Å². The summed E-state index contributed by atoms with van der Waals surface area (Å²) in [5, 5.41) is 3.10. The SMILES string of the molecule is CC1(C)CCCC1NC(=O)c1ncccc1C#CCN. The van der Waals surface area contributed by atoms with Crippen molar-refractivity contribution in [1.82, 2.24) is 10.3 Å². The predicted molar refractivity (Wildman–Crippen MR) is 79.1 cm³/mol. The fourth-order valence-electron chi connectivity index (χ4n) is 2.65. The Bertz CT molecular complexity index is 554. The number of rotatable bonds is 2. The van der Waals surface area contributed by atoms with Gasteiger partial charge in [-0.1, -0.05) is 32.1 Å². The summed E-state index contributed by atoms with van der Waals surface area (Å²) in [6.07, 6.45) is 4.93. The van der Waals surface area contributed by atoms with Crippen molar-refractivity contribution in [2.75, 3.05) is 6.54 Å². The average Bonchev–Trinajstić information content (AvgIpc) is 2.76. The number of hydrogen-bond donors (Lipinski definition) is 2. The summed E-state index contributed by atoms with van der Waals surface area (Å²) in [5.74, 6) is 5.52. The molecule has 1 aliphatic carbocycles. The first-order valence-electron chi connectivity index (χ1n) is 6.99. The van der Waals surface area contributed by atoms with Crippen molar-refractivity contribution >= 4 is 5.91 Å². The molecule has 1 amide bonds. The van der Waals surface area contributed by atoms with Gasteiger partial charge in [0.2, 0.25) is 0 Å².